The molecule has 0 aromatic heterocycles. The molecule has 0 amide bonds. The third-order valence-corrected chi connectivity index (χ3v) is 12.0. The van der Waals surface area contributed by atoms with Gasteiger partial charge in [-0.3, -0.25) is 14.4 Å². The SMILES string of the molecule is CCCCCCC/C=C\C/C=C\CCCCCCCCCCCC(=O)OCC(COC(=O)CCCCCCCCCCCCC)OC(=O)CCCCCCCCCCCCC. The Morgan fingerprint density at radius 1 is 0.328 bits per heavy atom. The highest BCUT2D eigenvalue weighted by Crippen LogP contribution is 2.16. The first-order valence-corrected chi connectivity index (χ1v) is 26.8. The zero-order valence-electron chi connectivity index (χ0n) is 40.9. The van der Waals surface area contributed by atoms with Crippen LogP contribution in [-0.4, -0.2) is 37.2 Å². The van der Waals surface area contributed by atoms with Crippen LogP contribution in [0.3, 0.4) is 0 Å². The van der Waals surface area contributed by atoms with Crippen molar-refractivity contribution in [2.24, 2.45) is 0 Å². The number of esters is 3. The summed E-state index contributed by atoms with van der Waals surface area (Å²) in [7, 11) is 0. The van der Waals surface area contributed by atoms with Crippen molar-refractivity contribution in [3.63, 3.8) is 0 Å². The standard InChI is InChI=1S/C55H102O6/c1-4-7-10-13-16-19-22-23-24-25-26-27-28-29-30-31-34-36-39-42-45-48-54(57)60-51-52(61-55(58)49-46-43-40-37-33-21-18-15-12-9-6-3)50-59-53(56)47-44-41-38-35-32-20-17-14-11-8-5-2/h22-23,25-26,52H,4-21,24,27-51H2,1-3H3/b23-22-,26-25-. The van der Waals surface area contributed by atoms with Crippen LogP contribution < -0.4 is 0 Å². The number of unbranched alkanes of at least 4 members (excludes halogenated alkanes) is 34. The van der Waals surface area contributed by atoms with Gasteiger partial charge in [0.15, 0.2) is 6.10 Å². The van der Waals surface area contributed by atoms with E-state index >= 15 is 0 Å². The van der Waals surface area contributed by atoms with Crippen LogP contribution in [0.15, 0.2) is 24.3 Å². The van der Waals surface area contributed by atoms with E-state index in [0.717, 1.165) is 64.2 Å². The molecule has 0 aromatic rings. The molecule has 0 aliphatic rings. The Morgan fingerprint density at radius 2 is 0.590 bits per heavy atom. The van der Waals surface area contributed by atoms with E-state index in [2.05, 4.69) is 45.1 Å². The molecule has 1 atom stereocenters. The zero-order chi connectivity index (χ0) is 44.4. The second kappa shape index (κ2) is 50.5. The largest absolute Gasteiger partial charge is 0.462 e. The molecule has 6 heteroatoms. The third kappa shape index (κ3) is 48.8. The van der Waals surface area contributed by atoms with Crippen molar-refractivity contribution >= 4 is 17.9 Å². The van der Waals surface area contributed by atoms with Crippen LogP contribution in [0.1, 0.15) is 290 Å². The van der Waals surface area contributed by atoms with Gasteiger partial charge < -0.3 is 14.2 Å². The van der Waals surface area contributed by atoms with E-state index in [1.807, 2.05) is 0 Å². The van der Waals surface area contributed by atoms with Gasteiger partial charge in [0.25, 0.3) is 0 Å². The summed E-state index contributed by atoms with van der Waals surface area (Å²) in [5, 5.41) is 0. The molecule has 0 aliphatic carbocycles. The van der Waals surface area contributed by atoms with Gasteiger partial charge >= 0.3 is 17.9 Å². The van der Waals surface area contributed by atoms with Gasteiger partial charge in [0.05, 0.1) is 0 Å². The number of carbonyl (C=O) groups is 3. The molecule has 0 fully saturated rings. The smallest absolute Gasteiger partial charge is 0.306 e. The molecule has 6 nitrogen and oxygen atoms in total. The molecule has 1 unspecified atom stereocenters. The van der Waals surface area contributed by atoms with E-state index in [9.17, 15) is 14.4 Å². The molecule has 0 radical (unpaired) electrons. The van der Waals surface area contributed by atoms with Crippen LogP contribution in [0.5, 0.6) is 0 Å². The Labute approximate surface area is 379 Å². The van der Waals surface area contributed by atoms with Crippen LogP contribution in [0.2, 0.25) is 0 Å². The number of ether oxygens (including phenoxy) is 3. The maximum atomic E-state index is 12.8. The number of hydrogen-bond donors (Lipinski definition) is 0. The third-order valence-electron chi connectivity index (χ3n) is 12.0. The molecule has 0 bridgehead atoms. The first-order chi connectivity index (χ1) is 30.0. The van der Waals surface area contributed by atoms with E-state index < -0.39 is 6.10 Å². The second-order valence-corrected chi connectivity index (χ2v) is 18.2. The molecule has 0 aromatic carbocycles. The Kier molecular flexibility index (Phi) is 48.8. The van der Waals surface area contributed by atoms with Gasteiger partial charge in [-0.2, -0.15) is 0 Å². The predicted molar refractivity (Wildman–Crippen MR) is 261 cm³/mol. The van der Waals surface area contributed by atoms with Crippen LogP contribution >= 0.6 is 0 Å². The Hall–Kier alpha value is -2.11. The summed E-state index contributed by atoms with van der Waals surface area (Å²) < 4.78 is 16.8. The van der Waals surface area contributed by atoms with E-state index in [1.54, 1.807) is 0 Å². The summed E-state index contributed by atoms with van der Waals surface area (Å²) in [6.07, 6.45) is 57.4. The lowest BCUT2D eigenvalue weighted by atomic mass is 10.1. The molecule has 0 N–H and O–H groups in total. The minimum Gasteiger partial charge on any atom is -0.462 e. The van der Waals surface area contributed by atoms with E-state index in [0.29, 0.717) is 19.3 Å². The Balaban J connectivity index is 4.24. The lowest BCUT2D eigenvalue weighted by Gasteiger charge is -2.18. The summed E-state index contributed by atoms with van der Waals surface area (Å²) in [5.41, 5.74) is 0. The van der Waals surface area contributed by atoms with Crippen molar-refractivity contribution in [2.45, 2.75) is 297 Å². The van der Waals surface area contributed by atoms with Crippen LogP contribution in [0.4, 0.5) is 0 Å². The van der Waals surface area contributed by atoms with Gasteiger partial charge in [0.1, 0.15) is 13.2 Å². The molecule has 358 valence electrons. The van der Waals surface area contributed by atoms with Crippen molar-refractivity contribution < 1.29 is 28.6 Å². The normalized spacial score (nSPS) is 12.1. The maximum absolute atomic E-state index is 12.8. The highest BCUT2D eigenvalue weighted by Gasteiger charge is 2.19. The second-order valence-electron chi connectivity index (χ2n) is 18.2. The average Bonchev–Trinajstić information content (AvgIpc) is 3.26. The van der Waals surface area contributed by atoms with Gasteiger partial charge in [-0.15, -0.1) is 0 Å². The summed E-state index contributed by atoms with van der Waals surface area (Å²) in [4.78, 5) is 37.9. The Morgan fingerprint density at radius 3 is 0.902 bits per heavy atom. The molecule has 0 saturated heterocycles. The molecule has 0 heterocycles. The number of hydrogen-bond acceptors (Lipinski definition) is 6. The van der Waals surface area contributed by atoms with Gasteiger partial charge in [-0.05, 0) is 51.4 Å². The average molecular weight is 859 g/mol. The van der Waals surface area contributed by atoms with Crippen molar-refractivity contribution in [1.29, 1.82) is 0 Å². The van der Waals surface area contributed by atoms with Gasteiger partial charge in [0.2, 0.25) is 0 Å². The fourth-order valence-electron chi connectivity index (χ4n) is 7.89. The number of carbonyl (C=O) groups excluding carboxylic acids is 3. The molecular weight excluding hydrogens is 757 g/mol. The monoisotopic (exact) mass is 859 g/mol. The van der Waals surface area contributed by atoms with E-state index in [4.69, 9.17) is 14.2 Å². The molecule has 0 spiro atoms. The van der Waals surface area contributed by atoms with Gasteiger partial charge in [-0.25, -0.2) is 0 Å². The lowest BCUT2D eigenvalue weighted by Crippen LogP contribution is -2.30. The maximum Gasteiger partial charge on any atom is 0.306 e. The van der Waals surface area contributed by atoms with E-state index in [1.165, 1.54) is 186 Å². The first kappa shape index (κ1) is 58.9. The summed E-state index contributed by atoms with van der Waals surface area (Å²) in [6.45, 7) is 6.64. The van der Waals surface area contributed by atoms with Crippen molar-refractivity contribution in [2.75, 3.05) is 13.2 Å². The number of allylic oxidation sites excluding steroid dienone is 4. The number of rotatable bonds is 49. The van der Waals surface area contributed by atoms with Crippen LogP contribution in [0.25, 0.3) is 0 Å². The van der Waals surface area contributed by atoms with Crippen molar-refractivity contribution in [3.8, 4) is 0 Å². The highest BCUT2D eigenvalue weighted by atomic mass is 16.6. The first-order valence-electron chi connectivity index (χ1n) is 26.8. The minimum absolute atomic E-state index is 0.0677. The van der Waals surface area contributed by atoms with Gasteiger partial charge in [-0.1, -0.05) is 244 Å². The van der Waals surface area contributed by atoms with Gasteiger partial charge in [0, 0.05) is 19.3 Å². The Bertz CT molecular complexity index is 989. The summed E-state index contributed by atoms with van der Waals surface area (Å²) in [6, 6.07) is 0. The zero-order valence-corrected chi connectivity index (χ0v) is 40.9. The highest BCUT2D eigenvalue weighted by molar-refractivity contribution is 5.71. The molecule has 0 rings (SSSR count). The van der Waals surface area contributed by atoms with Crippen LogP contribution in [-0.2, 0) is 28.6 Å². The minimum atomic E-state index is -0.765. The molecule has 0 aliphatic heterocycles. The summed E-state index contributed by atoms with van der Waals surface area (Å²) in [5.74, 6) is -0.859. The van der Waals surface area contributed by atoms with Crippen molar-refractivity contribution in [3.05, 3.63) is 24.3 Å². The quantitative estimate of drug-likeness (QED) is 0.0262. The lowest BCUT2D eigenvalue weighted by molar-refractivity contribution is -0.167. The van der Waals surface area contributed by atoms with E-state index in [-0.39, 0.29) is 31.1 Å². The fourth-order valence-corrected chi connectivity index (χ4v) is 7.89. The fraction of sp³-hybridized carbons (Fsp3) is 0.873. The van der Waals surface area contributed by atoms with Crippen LogP contribution in [0, 0.1) is 0 Å². The molecule has 61 heavy (non-hydrogen) atoms. The molecular formula is C55H102O6. The molecule has 0 saturated carbocycles. The topological polar surface area (TPSA) is 78.9 Å². The summed E-state index contributed by atoms with van der Waals surface area (Å²) >= 11 is 0. The van der Waals surface area contributed by atoms with Crippen molar-refractivity contribution in [1.82, 2.24) is 0 Å². The predicted octanol–water partition coefficient (Wildman–Crippen LogP) is 17.5.